The van der Waals surface area contributed by atoms with Crippen LogP contribution in [0.1, 0.15) is 6.92 Å². The van der Waals surface area contributed by atoms with Crippen LogP contribution in [0.4, 0.5) is 13.2 Å². The number of rotatable bonds is 0. The molecule has 0 saturated carbocycles. The molecule has 0 aromatic rings. The Balaban J connectivity index is 0. The highest BCUT2D eigenvalue weighted by Crippen LogP contribution is 1.99. The van der Waals surface area contributed by atoms with Crippen LogP contribution in [-0.2, 0) is 0 Å². The first-order valence-corrected chi connectivity index (χ1v) is 1.68. The van der Waals surface area contributed by atoms with Gasteiger partial charge in [-0.05, 0) is 6.54 Å². The standard InChI is InChI=1S/C2H7N.CF3/c1-2-3;2-1(3)4/h2-3H2,1H3;. The lowest BCUT2D eigenvalue weighted by atomic mass is 10.8. The van der Waals surface area contributed by atoms with E-state index in [-0.39, 0.29) is 0 Å². The molecule has 0 spiro atoms. The highest BCUT2D eigenvalue weighted by molar-refractivity contribution is 4.21. The molecule has 0 rings (SSSR count). The smallest absolute Gasteiger partial charge is 0.331 e. The number of halogens is 3. The van der Waals surface area contributed by atoms with Crippen molar-refractivity contribution in [3.05, 3.63) is 6.68 Å². The van der Waals surface area contributed by atoms with Gasteiger partial charge in [0, 0.05) is 0 Å². The molecule has 45 valence electrons. The zero-order valence-electron chi connectivity index (χ0n) is 3.92. The maximum Gasteiger partial charge on any atom is 0.487 e. The quantitative estimate of drug-likeness (QED) is 0.504. The van der Waals surface area contributed by atoms with Gasteiger partial charge in [-0.3, -0.25) is 0 Å². The van der Waals surface area contributed by atoms with Crippen LogP contribution in [0.5, 0.6) is 0 Å². The van der Waals surface area contributed by atoms with Crippen molar-refractivity contribution in [2.24, 2.45) is 5.73 Å². The fraction of sp³-hybridized carbons (Fsp3) is 0.667. The molecule has 1 radical (unpaired) electrons. The Morgan fingerprint density at radius 1 is 1.43 bits per heavy atom. The van der Waals surface area contributed by atoms with Crippen molar-refractivity contribution in [1.29, 1.82) is 0 Å². The molecule has 0 unspecified atom stereocenters. The summed E-state index contributed by atoms with van der Waals surface area (Å²) >= 11 is 0. The van der Waals surface area contributed by atoms with E-state index in [0.29, 0.717) is 0 Å². The number of nitrogens with two attached hydrogens (primary N) is 1. The zero-order valence-corrected chi connectivity index (χ0v) is 3.92. The van der Waals surface area contributed by atoms with Crippen LogP contribution >= 0.6 is 0 Å². The first kappa shape index (κ1) is 9.89. The van der Waals surface area contributed by atoms with Gasteiger partial charge >= 0.3 is 6.68 Å². The van der Waals surface area contributed by atoms with Gasteiger partial charge in [-0.15, -0.1) is 0 Å². The van der Waals surface area contributed by atoms with Crippen molar-refractivity contribution in [2.45, 2.75) is 6.92 Å². The molecule has 0 aliphatic heterocycles. The van der Waals surface area contributed by atoms with E-state index < -0.39 is 6.68 Å². The van der Waals surface area contributed by atoms with Crippen LogP contribution < -0.4 is 5.73 Å². The second kappa shape index (κ2) is 9.23. The lowest BCUT2D eigenvalue weighted by Gasteiger charge is -1.60. The molecule has 2 N–H and O–H groups in total. The molecule has 0 atom stereocenters. The molecule has 0 aliphatic rings. The van der Waals surface area contributed by atoms with Crippen LogP contribution in [0.2, 0.25) is 0 Å². The molecule has 0 fully saturated rings. The number of hydrogen-bond donors (Lipinski definition) is 1. The average Bonchev–Trinajstić information content (AvgIpc) is 1.33. The molecule has 0 aromatic carbocycles. The third kappa shape index (κ3) is 1290. The summed E-state index contributed by atoms with van der Waals surface area (Å²) in [5.41, 5.74) is 4.85. The molecule has 1 nitrogen and oxygen atoms in total. The Bertz CT molecular complexity index is 21.4. The monoisotopic (exact) mass is 114 g/mol. The Hall–Kier alpha value is -0.250. The summed E-state index contributed by atoms with van der Waals surface area (Å²) in [6, 6.07) is 0. The molecular formula is C3H7F3N. The van der Waals surface area contributed by atoms with E-state index in [9.17, 15) is 13.2 Å². The lowest BCUT2D eigenvalue weighted by molar-refractivity contribution is 0.142. The minimum absolute atomic E-state index is 0.750. The van der Waals surface area contributed by atoms with Crippen molar-refractivity contribution in [2.75, 3.05) is 6.54 Å². The first-order valence-electron chi connectivity index (χ1n) is 1.68. The molecule has 4 heteroatoms. The second-order valence-electron chi connectivity index (χ2n) is 0.623. The zero-order chi connectivity index (χ0) is 6.28. The van der Waals surface area contributed by atoms with Gasteiger partial charge in [0.1, 0.15) is 0 Å². The van der Waals surface area contributed by atoms with E-state index in [0.717, 1.165) is 6.54 Å². The Morgan fingerprint density at radius 3 is 1.43 bits per heavy atom. The summed E-state index contributed by atoms with van der Waals surface area (Å²) in [6.07, 6.45) is 0. The minimum Gasteiger partial charge on any atom is -0.331 e. The molecule has 0 bridgehead atoms. The predicted molar refractivity (Wildman–Crippen MR) is 21.3 cm³/mol. The van der Waals surface area contributed by atoms with Crippen molar-refractivity contribution in [1.82, 2.24) is 0 Å². The lowest BCUT2D eigenvalue weighted by Crippen LogP contribution is -1.87. The molecule has 0 saturated heterocycles. The van der Waals surface area contributed by atoms with E-state index in [1.807, 2.05) is 6.92 Å². The largest absolute Gasteiger partial charge is 0.487 e. The summed E-state index contributed by atoms with van der Waals surface area (Å²) < 4.78 is 28.8. The second-order valence-corrected chi connectivity index (χ2v) is 0.623. The number of hydrogen-bond acceptors (Lipinski definition) is 1. The summed E-state index contributed by atoms with van der Waals surface area (Å²) in [5, 5.41) is 0. The van der Waals surface area contributed by atoms with E-state index in [2.05, 4.69) is 0 Å². The molecule has 0 aliphatic carbocycles. The van der Waals surface area contributed by atoms with Crippen molar-refractivity contribution in [3.63, 3.8) is 0 Å². The maximum atomic E-state index is 9.58. The van der Waals surface area contributed by atoms with E-state index in [4.69, 9.17) is 5.73 Å². The van der Waals surface area contributed by atoms with Crippen LogP contribution in [0, 0.1) is 6.68 Å². The molecule has 0 heterocycles. The van der Waals surface area contributed by atoms with Gasteiger partial charge in [-0.25, -0.2) is 0 Å². The van der Waals surface area contributed by atoms with Crippen LogP contribution in [0.15, 0.2) is 0 Å². The van der Waals surface area contributed by atoms with Gasteiger partial charge in [0.25, 0.3) is 0 Å². The predicted octanol–water partition coefficient (Wildman–Crippen LogP) is 1.31. The van der Waals surface area contributed by atoms with E-state index in [1.165, 1.54) is 0 Å². The van der Waals surface area contributed by atoms with Crippen molar-refractivity contribution < 1.29 is 13.2 Å². The molecular weight excluding hydrogens is 107 g/mol. The molecule has 7 heavy (non-hydrogen) atoms. The normalized spacial score (nSPS) is 7.71. The van der Waals surface area contributed by atoms with Crippen LogP contribution in [0.3, 0.4) is 0 Å². The fourth-order valence-corrected chi connectivity index (χ4v) is 0. The SMILES string of the molecule is CCN.F[C](F)F. The van der Waals surface area contributed by atoms with Gasteiger partial charge in [0.05, 0.1) is 0 Å². The van der Waals surface area contributed by atoms with Gasteiger partial charge in [0.2, 0.25) is 0 Å². The highest BCUT2D eigenvalue weighted by Gasteiger charge is 1.93. The van der Waals surface area contributed by atoms with E-state index in [1.54, 1.807) is 0 Å². The van der Waals surface area contributed by atoms with Crippen molar-refractivity contribution in [3.8, 4) is 0 Å². The van der Waals surface area contributed by atoms with Gasteiger partial charge in [-0.2, -0.15) is 13.2 Å². The fourth-order valence-electron chi connectivity index (χ4n) is 0. The Kier molecular flexibility index (Phi) is 13.0. The Morgan fingerprint density at radius 2 is 1.43 bits per heavy atom. The summed E-state index contributed by atoms with van der Waals surface area (Å²) in [7, 11) is 0. The summed E-state index contributed by atoms with van der Waals surface area (Å²) in [4.78, 5) is 0. The Labute approximate surface area is 40.3 Å². The third-order valence-corrected chi connectivity index (χ3v) is 0. The van der Waals surface area contributed by atoms with E-state index >= 15 is 0 Å². The summed E-state index contributed by atoms with van der Waals surface area (Å²) in [5.74, 6) is 0. The molecule has 0 aromatic heterocycles. The third-order valence-electron chi connectivity index (χ3n) is 0. The minimum atomic E-state index is -3.08. The van der Waals surface area contributed by atoms with Gasteiger partial charge in [-0.1, -0.05) is 6.92 Å². The van der Waals surface area contributed by atoms with Crippen molar-refractivity contribution >= 4 is 0 Å². The molecule has 0 amide bonds. The van der Waals surface area contributed by atoms with Crippen LogP contribution in [0.25, 0.3) is 0 Å². The van der Waals surface area contributed by atoms with Gasteiger partial charge in [0.15, 0.2) is 0 Å². The van der Waals surface area contributed by atoms with Gasteiger partial charge < -0.3 is 5.73 Å². The average molecular weight is 114 g/mol. The topological polar surface area (TPSA) is 26.0 Å². The highest BCUT2D eigenvalue weighted by atomic mass is 19.4. The summed E-state index contributed by atoms with van der Waals surface area (Å²) in [6.45, 7) is -0.431. The first-order chi connectivity index (χ1) is 3.15. The maximum absolute atomic E-state index is 9.58. The van der Waals surface area contributed by atoms with Crippen LogP contribution in [-0.4, -0.2) is 6.54 Å².